The number of unbranched alkanes of at least 4 members (excludes halogenated alkanes) is 2. The summed E-state index contributed by atoms with van der Waals surface area (Å²) in [5, 5.41) is 10.7. The number of aromatic nitrogens is 1. The van der Waals surface area contributed by atoms with Crippen LogP contribution in [0.25, 0.3) is 10.9 Å². The first-order chi connectivity index (χ1) is 32.4. The molecule has 68 heavy (non-hydrogen) atoms. The number of alkyl halides is 2. The van der Waals surface area contributed by atoms with Crippen molar-refractivity contribution in [3.63, 3.8) is 0 Å². The van der Waals surface area contributed by atoms with E-state index in [9.17, 15) is 47.1 Å². The molecule has 0 spiro atoms. The Morgan fingerprint density at radius 2 is 1.84 bits per heavy atom. The Balaban J connectivity index is 0.937. The minimum atomic E-state index is -4.02. The summed E-state index contributed by atoms with van der Waals surface area (Å²) in [6.45, 7) is 1.02. The van der Waals surface area contributed by atoms with Gasteiger partial charge in [-0.25, -0.2) is 4.52 Å². The van der Waals surface area contributed by atoms with Gasteiger partial charge in [-0.2, -0.15) is 8.78 Å². The van der Waals surface area contributed by atoms with Gasteiger partial charge in [0, 0.05) is 67.0 Å². The highest BCUT2D eigenvalue weighted by Gasteiger charge is 2.46. The fraction of sp³-hybridized carbons (Fsp3) is 0.467. The molecule has 3 saturated heterocycles. The van der Waals surface area contributed by atoms with E-state index in [0.717, 1.165) is 12.1 Å². The average Bonchev–Trinajstić information content (AvgIpc) is 4.00. The van der Waals surface area contributed by atoms with Crippen LogP contribution in [0.5, 0.6) is 0 Å². The van der Waals surface area contributed by atoms with Crippen LogP contribution in [0.2, 0.25) is 0 Å². The van der Waals surface area contributed by atoms with Crippen molar-refractivity contribution in [2.24, 2.45) is 5.73 Å². The molecule has 1 aromatic heterocycles. The van der Waals surface area contributed by atoms with Crippen LogP contribution >= 0.6 is 8.60 Å². The van der Waals surface area contributed by atoms with Crippen molar-refractivity contribution in [1.29, 1.82) is 0 Å². The van der Waals surface area contributed by atoms with Gasteiger partial charge in [-0.1, -0.05) is 17.9 Å². The van der Waals surface area contributed by atoms with Gasteiger partial charge in [0.05, 0.1) is 5.56 Å². The molecule has 3 aromatic rings. The highest BCUT2D eigenvalue weighted by molar-refractivity contribution is 7.39. The lowest BCUT2D eigenvalue weighted by atomic mass is 10.0. The molecule has 1 unspecified atom stereocenters. The van der Waals surface area contributed by atoms with Crippen molar-refractivity contribution < 1.29 is 61.4 Å². The highest BCUT2D eigenvalue weighted by atomic mass is 31.2. The molecule has 8 amide bonds. The van der Waals surface area contributed by atoms with E-state index < -0.39 is 79.9 Å². The van der Waals surface area contributed by atoms with Gasteiger partial charge in [-0.05, 0) is 100 Å². The third-order valence-corrected chi connectivity index (χ3v) is 12.9. The Morgan fingerprint density at radius 1 is 1.04 bits per heavy atom. The summed E-state index contributed by atoms with van der Waals surface area (Å²) in [5.74, 6) is 1.96. The molecule has 362 valence electrons. The van der Waals surface area contributed by atoms with E-state index in [1.165, 1.54) is 21.9 Å². The summed E-state index contributed by atoms with van der Waals surface area (Å²) >= 11 is 0. The van der Waals surface area contributed by atoms with E-state index in [0.29, 0.717) is 60.9 Å². The number of hydrogen-bond acceptors (Lipinski definition) is 12. The number of likely N-dealkylation sites (N-methyl/N-ethyl adjacent to an activating group) is 1. The molecule has 5 heterocycles. The van der Waals surface area contributed by atoms with Gasteiger partial charge in [-0.3, -0.25) is 43.7 Å². The lowest BCUT2D eigenvalue weighted by Gasteiger charge is -2.37. The molecule has 5 atom stereocenters. The molecule has 4 aliphatic rings. The van der Waals surface area contributed by atoms with Crippen LogP contribution in [0.1, 0.15) is 102 Å². The zero-order chi connectivity index (χ0) is 48.9. The zero-order valence-electron chi connectivity index (χ0n) is 37.0. The molecular formula is C45H52F2N9O11P. The Labute approximate surface area is 390 Å². The lowest BCUT2D eigenvalue weighted by molar-refractivity contribution is -0.189. The van der Waals surface area contributed by atoms with Crippen LogP contribution in [0, 0.1) is 11.8 Å². The average molecular weight is 964 g/mol. The molecule has 4 aliphatic heterocycles. The van der Waals surface area contributed by atoms with Crippen molar-refractivity contribution in [1.82, 2.24) is 41.0 Å². The van der Waals surface area contributed by atoms with Crippen molar-refractivity contribution in [3.05, 3.63) is 70.4 Å². The normalized spacial score (nSPS) is 21.3. The summed E-state index contributed by atoms with van der Waals surface area (Å²) in [4.78, 5) is 130. The highest BCUT2D eigenvalue weighted by Crippen LogP contribution is 2.42. The van der Waals surface area contributed by atoms with Crippen LogP contribution in [0.4, 0.5) is 8.78 Å². The SMILES string of the molecule is CN1CC[C@H]2CC[C@@H](C(=O)N[C@@H](CCC(N)=O)C(=O)NCCCCC#Cc3cccc4c3CN(C3CCC(=O)NC3=O)C4=O)N2C(=O)[C@@H](NC(=O)c2cc3cc(C(F)(F)OP(O)O)ccc3[nH]2)C1. The molecule has 2 aromatic carbocycles. The first-order valence-corrected chi connectivity index (χ1v) is 23.4. The number of nitrogens with two attached hydrogens (primary N) is 1. The van der Waals surface area contributed by atoms with Gasteiger partial charge < -0.3 is 51.2 Å². The fourth-order valence-corrected chi connectivity index (χ4v) is 9.39. The third kappa shape index (κ3) is 11.5. The number of rotatable bonds is 16. The van der Waals surface area contributed by atoms with E-state index in [-0.39, 0.29) is 80.7 Å². The first kappa shape index (κ1) is 49.5. The standard InChI is InChI=1S/C45H52F2N9O11P/c1-54-20-18-28-11-14-36(56(28)44(64)34(24-54)52-40(60)33-22-26-21-27(10-12-31(26)50-33)45(46,47)67-68(65)66)42(62)51-32(13-16-37(48)57)39(59)49-19-5-3-2-4-7-25-8-6-9-29-30(25)23-55(43(29)63)35-15-17-38(58)53-41(35)61/h6,8-10,12,21-22,28,32,34-36,50,65-66H,2-3,5,11,13-20,23-24H2,1H3,(H2,48,57)(H,49,59)(H,51,62)(H,52,60)(H,53,58,61)/t28-,32+,34+,35?,36+/m1/s1. The largest absolute Gasteiger partial charge is 0.389 e. The molecule has 0 radical (unpaired) electrons. The smallest absolute Gasteiger partial charge is 0.370 e. The third-order valence-electron chi connectivity index (χ3n) is 12.5. The molecule has 0 bridgehead atoms. The van der Waals surface area contributed by atoms with Gasteiger partial charge in [0.2, 0.25) is 35.4 Å². The van der Waals surface area contributed by atoms with E-state index in [2.05, 4.69) is 42.6 Å². The second kappa shape index (κ2) is 21.3. The first-order valence-electron chi connectivity index (χ1n) is 22.2. The molecule has 3 fully saturated rings. The summed E-state index contributed by atoms with van der Waals surface area (Å²) in [7, 11) is -1.58. The number of benzene rings is 2. The lowest BCUT2D eigenvalue weighted by Crippen LogP contribution is -2.61. The monoisotopic (exact) mass is 963 g/mol. The second-order valence-electron chi connectivity index (χ2n) is 17.3. The van der Waals surface area contributed by atoms with Crippen LogP contribution in [0.3, 0.4) is 0 Å². The summed E-state index contributed by atoms with van der Waals surface area (Å²) in [6.07, 6.45) is -1.11. The Morgan fingerprint density at radius 3 is 2.59 bits per heavy atom. The van der Waals surface area contributed by atoms with Crippen LogP contribution in [-0.4, -0.2) is 134 Å². The molecule has 0 aliphatic carbocycles. The number of carbonyl (C=O) groups excluding carboxylic acids is 8. The van der Waals surface area contributed by atoms with Crippen LogP contribution in [-0.2, 0) is 45.9 Å². The number of aromatic amines is 1. The number of hydrogen-bond donors (Lipinski definition) is 8. The van der Waals surface area contributed by atoms with E-state index in [1.54, 1.807) is 25.2 Å². The van der Waals surface area contributed by atoms with Crippen LogP contribution < -0.4 is 27.0 Å². The van der Waals surface area contributed by atoms with Crippen LogP contribution in [0.15, 0.2) is 42.5 Å². The van der Waals surface area contributed by atoms with Crippen molar-refractivity contribution >= 4 is 66.8 Å². The minimum Gasteiger partial charge on any atom is -0.370 e. The van der Waals surface area contributed by atoms with E-state index in [4.69, 9.17) is 15.5 Å². The Hall–Kier alpha value is -6.37. The number of nitrogens with zero attached hydrogens (tertiary/aromatic N) is 3. The van der Waals surface area contributed by atoms with Gasteiger partial charge in [0.25, 0.3) is 11.8 Å². The number of amides is 8. The fourth-order valence-electron chi connectivity index (χ4n) is 9.08. The molecule has 20 nitrogen and oxygen atoms in total. The Bertz CT molecular complexity index is 2560. The second-order valence-corrected chi connectivity index (χ2v) is 18.0. The maximum absolute atomic E-state index is 14.4. The summed E-state index contributed by atoms with van der Waals surface area (Å²) < 4.78 is 32.8. The number of piperidine rings is 1. The van der Waals surface area contributed by atoms with Crippen molar-refractivity contribution in [2.45, 2.75) is 107 Å². The van der Waals surface area contributed by atoms with Gasteiger partial charge >= 0.3 is 14.7 Å². The summed E-state index contributed by atoms with van der Waals surface area (Å²) in [6, 6.07) is 5.38. The number of carbonyl (C=O) groups is 8. The van der Waals surface area contributed by atoms with Crippen molar-refractivity contribution in [3.8, 4) is 11.8 Å². The molecule has 9 N–H and O–H groups in total. The molecule has 0 saturated carbocycles. The molecule has 23 heteroatoms. The topological polar surface area (TPSA) is 286 Å². The minimum absolute atomic E-state index is 0.0515. The van der Waals surface area contributed by atoms with E-state index in [1.807, 2.05) is 4.90 Å². The number of fused-ring (bicyclic) bond motifs is 3. The number of H-pyrrole nitrogens is 1. The van der Waals surface area contributed by atoms with Gasteiger partial charge in [-0.15, -0.1) is 0 Å². The number of nitrogens with one attached hydrogen (secondary N) is 5. The summed E-state index contributed by atoms with van der Waals surface area (Å²) in [5.41, 5.74) is 6.80. The van der Waals surface area contributed by atoms with Crippen molar-refractivity contribution in [2.75, 3.05) is 26.7 Å². The van der Waals surface area contributed by atoms with Gasteiger partial charge in [0.1, 0.15) is 29.9 Å². The predicted molar refractivity (Wildman–Crippen MR) is 238 cm³/mol. The van der Waals surface area contributed by atoms with Gasteiger partial charge in [0.15, 0.2) is 0 Å². The maximum Gasteiger partial charge on any atom is 0.389 e. The number of primary amides is 1. The number of halogens is 2. The quantitative estimate of drug-likeness (QED) is 0.0434. The number of imide groups is 1. The zero-order valence-corrected chi connectivity index (χ0v) is 37.9. The molecular weight excluding hydrogens is 912 g/mol. The Kier molecular flexibility index (Phi) is 15.5. The maximum atomic E-state index is 14.4. The predicted octanol–water partition coefficient (Wildman–Crippen LogP) is 1.09. The van der Waals surface area contributed by atoms with E-state index >= 15 is 0 Å². The molecule has 7 rings (SSSR count).